The summed E-state index contributed by atoms with van der Waals surface area (Å²) in [7, 11) is 0. The van der Waals surface area contributed by atoms with Crippen molar-refractivity contribution in [1.29, 1.82) is 0 Å². The van der Waals surface area contributed by atoms with Crippen molar-refractivity contribution in [2.45, 2.75) is 102 Å². The third kappa shape index (κ3) is 6.94. The molecule has 0 radical (unpaired) electrons. The molecule has 1 unspecified atom stereocenters. The third-order valence-corrected chi connectivity index (χ3v) is 13.2. The smallest absolute Gasteiger partial charge is 0.252 e. The number of carbonyl (C=O) groups excluding carboxylic acids is 1. The van der Waals surface area contributed by atoms with Gasteiger partial charge in [-0.05, 0) is 83.5 Å². The van der Waals surface area contributed by atoms with Crippen molar-refractivity contribution in [3.63, 3.8) is 0 Å². The van der Waals surface area contributed by atoms with E-state index in [9.17, 15) is 20.1 Å². The van der Waals surface area contributed by atoms with E-state index in [1.165, 1.54) is 11.1 Å². The molecule has 2 aliphatic carbocycles. The molecule has 0 aromatic heterocycles. The summed E-state index contributed by atoms with van der Waals surface area (Å²) < 4.78 is 13.3. The van der Waals surface area contributed by atoms with Crippen LogP contribution >= 0.6 is 0 Å². The van der Waals surface area contributed by atoms with Crippen LogP contribution in [-0.2, 0) is 24.1 Å². The number of aryl methyl sites for hydroxylation is 1. The SMILES string of the molecule is C[C@@H]1C=C[C@H]([C@@H](O)CC(=O)CCc2ccc3c(c2)O[C@@H]2[C@@H](C#C[C@H](O)c4ccc5c(c4CC4=C6C[NH+]2C=C6N=C4)CCN[C@H]5N)C2(C#CO3)CCCC2)[C@@H](O)C1. The first kappa shape index (κ1) is 37.1. The summed E-state index contributed by atoms with van der Waals surface area (Å²) in [6.45, 7) is 3.47. The van der Waals surface area contributed by atoms with Gasteiger partial charge >= 0.3 is 0 Å². The molecule has 56 heavy (non-hydrogen) atoms. The summed E-state index contributed by atoms with van der Waals surface area (Å²) >= 11 is 0. The Kier molecular flexibility index (Phi) is 10.00. The molecule has 0 saturated heterocycles. The Bertz CT molecular complexity index is 2180. The first-order valence-electron chi connectivity index (χ1n) is 20.4. The largest absolute Gasteiger partial charge is 0.437 e. The number of aliphatic hydroxyl groups excluding tert-OH is 3. The Morgan fingerprint density at radius 1 is 1.11 bits per heavy atom. The minimum Gasteiger partial charge on any atom is -0.437 e. The number of quaternary nitrogens is 1. The van der Waals surface area contributed by atoms with Gasteiger partial charge in [0.15, 0.2) is 11.5 Å². The number of benzene rings is 2. The predicted molar refractivity (Wildman–Crippen MR) is 211 cm³/mol. The van der Waals surface area contributed by atoms with Crippen LogP contribution < -0.4 is 25.4 Å². The van der Waals surface area contributed by atoms with E-state index in [0.29, 0.717) is 37.3 Å². The van der Waals surface area contributed by atoms with E-state index in [2.05, 4.69) is 35.4 Å². The minimum atomic E-state index is -1.02. The number of nitrogens with two attached hydrogens (primary N) is 1. The van der Waals surface area contributed by atoms with E-state index >= 15 is 0 Å². The fourth-order valence-electron chi connectivity index (χ4n) is 10.0. The van der Waals surface area contributed by atoms with Gasteiger partial charge in [0.1, 0.15) is 42.4 Å². The lowest BCUT2D eigenvalue weighted by molar-refractivity contribution is -0.891. The Labute approximate surface area is 328 Å². The number of hydrogen-bond acceptors (Lipinski definition) is 9. The molecule has 290 valence electrons. The highest BCUT2D eigenvalue weighted by molar-refractivity contribution is 5.87. The number of nitrogens with one attached hydrogen (secondary N) is 2. The number of aliphatic imine (C=N–C) groups is 1. The molecule has 9 rings (SSSR count). The number of ether oxygens (including phenoxy) is 2. The van der Waals surface area contributed by atoms with Gasteiger partial charge in [-0.15, -0.1) is 0 Å². The molecule has 10 nitrogen and oxygen atoms in total. The zero-order valence-corrected chi connectivity index (χ0v) is 31.9. The van der Waals surface area contributed by atoms with Crippen molar-refractivity contribution in [2.24, 2.45) is 33.9 Å². The summed E-state index contributed by atoms with van der Waals surface area (Å²) in [4.78, 5) is 19.1. The normalized spacial score (nSPS) is 31.1. The quantitative estimate of drug-likeness (QED) is 0.195. The second-order valence-corrected chi connectivity index (χ2v) is 16.8. The summed E-state index contributed by atoms with van der Waals surface area (Å²) in [6, 6.07) is 9.74. The summed E-state index contributed by atoms with van der Waals surface area (Å²) in [5.74, 6) is 10.8. The molecule has 10 heteroatoms. The molecular formula is C46H51N4O6+. The Morgan fingerprint density at radius 2 is 1.95 bits per heavy atom. The van der Waals surface area contributed by atoms with Crippen LogP contribution in [0.25, 0.3) is 0 Å². The van der Waals surface area contributed by atoms with Crippen LogP contribution in [0.2, 0.25) is 0 Å². The second kappa shape index (κ2) is 15.1. The van der Waals surface area contributed by atoms with Gasteiger partial charge in [-0.2, -0.15) is 0 Å². The van der Waals surface area contributed by atoms with Crippen LogP contribution in [-0.4, -0.2) is 58.8 Å². The molecule has 1 fully saturated rings. The molecule has 7 N–H and O–H groups in total. The van der Waals surface area contributed by atoms with Crippen molar-refractivity contribution in [2.75, 3.05) is 13.1 Å². The first-order valence-corrected chi connectivity index (χ1v) is 20.4. The highest BCUT2D eigenvalue weighted by Gasteiger charge is 2.51. The molecule has 0 amide bonds. The van der Waals surface area contributed by atoms with Gasteiger partial charge in [-0.25, -0.2) is 0 Å². The fourth-order valence-corrected chi connectivity index (χ4v) is 10.0. The maximum absolute atomic E-state index is 13.1. The topological polar surface area (TPSA) is 151 Å². The second-order valence-electron chi connectivity index (χ2n) is 16.8. The number of fused-ring (bicyclic) bond motifs is 8. The van der Waals surface area contributed by atoms with Crippen LogP contribution in [0.4, 0.5) is 0 Å². The first-order chi connectivity index (χ1) is 27.2. The molecule has 9 atom stereocenters. The number of aliphatic hydroxyl groups is 3. The lowest BCUT2D eigenvalue weighted by atomic mass is 9.73. The number of rotatable bonds is 6. The number of hydrogen-bond donors (Lipinski definition) is 6. The van der Waals surface area contributed by atoms with Gasteiger partial charge in [0, 0.05) is 43.5 Å². The van der Waals surface area contributed by atoms with Gasteiger partial charge in [0.05, 0.1) is 23.8 Å². The Hall–Kier alpha value is -4.52. The zero-order valence-electron chi connectivity index (χ0n) is 31.9. The van der Waals surface area contributed by atoms with Crippen LogP contribution in [0.5, 0.6) is 11.5 Å². The Balaban J connectivity index is 1.05. The maximum Gasteiger partial charge on any atom is 0.252 e. The number of allylic oxidation sites excluding steroid dienone is 2. The van der Waals surface area contributed by atoms with E-state index in [4.69, 9.17) is 20.2 Å². The van der Waals surface area contributed by atoms with Crippen molar-refractivity contribution in [3.8, 4) is 35.4 Å². The van der Waals surface area contributed by atoms with E-state index in [1.807, 2.05) is 55.6 Å². The maximum atomic E-state index is 13.1. The molecule has 5 heterocycles. The number of ketones is 1. The summed E-state index contributed by atoms with van der Waals surface area (Å²) in [6.07, 6.45) is 14.1. The van der Waals surface area contributed by atoms with Gasteiger partial charge in [-0.1, -0.05) is 67.9 Å². The molecule has 1 saturated carbocycles. The van der Waals surface area contributed by atoms with E-state index < -0.39 is 35.9 Å². The highest BCUT2D eigenvalue weighted by atomic mass is 16.5. The molecule has 2 aromatic rings. The monoisotopic (exact) mass is 755 g/mol. The zero-order chi connectivity index (χ0) is 38.6. The van der Waals surface area contributed by atoms with Gasteiger partial charge in [-0.3, -0.25) is 20.0 Å². The van der Waals surface area contributed by atoms with Crippen LogP contribution in [0, 0.1) is 47.0 Å². The van der Waals surface area contributed by atoms with Gasteiger partial charge < -0.3 is 30.5 Å². The molecule has 1 spiro atoms. The van der Waals surface area contributed by atoms with Crippen molar-refractivity contribution in [3.05, 3.63) is 93.3 Å². The van der Waals surface area contributed by atoms with Crippen molar-refractivity contribution in [1.82, 2.24) is 5.32 Å². The lowest BCUT2D eigenvalue weighted by Crippen LogP contribution is -3.12. The predicted octanol–water partition coefficient (Wildman–Crippen LogP) is 3.26. The Morgan fingerprint density at radius 3 is 2.79 bits per heavy atom. The van der Waals surface area contributed by atoms with E-state index in [-0.39, 0.29) is 36.6 Å². The standard InChI is InChI=1S/C46H50N4O6/c1-27-4-8-34(40(53)20-27)41(54)23-30(51)7-5-28-6-13-42-43(21-28)56-45-37(46(17-19-55-42)15-2-3-16-46)11-12-39(52)32-9-10-33-31(14-18-48-44(33)47)35(32)22-29-24-49-38-26-50(45)25-36(29)38/h4,6,8-10,13,21,24,26-27,34,37,39-41,44-45,48,52-54H,2-3,5,7,14-16,18,20,22-23,25,47H2,1H3/p+1/t27-,34+,37-,39+,40+,41+,44-,45-/m1/s1. The van der Waals surface area contributed by atoms with Gasteiger partial charge in [0.2, 0.25) is 0 Å². The van der Waals surface area contributed by atoms with Crippen LogP contribution in [0.1, 0.15) is 92.0 Å². The molecule has 7 aliphatic rings. The van der Waals surface area contributed by atoms with E-state index in [1.54, 1.807) is 0 Å². The van der Waals surface area contributed by atoms with Crippen molar-refractivity contribution < 1.29 is 34.5 Å². The summed E-state index contributed by atoms with van der Waals surface area (Å²) in [5, 5.41) is 36.6. The van der Waals surface area contributed by atoms with Crippen molar-refractivity contribution >= 4 is 12.0 Å². The van der Waals surface area contributed by atoms with E-state index in [0.717, 1.165) is 77.1 Å². The number of carbonyl (C=O) groups is 1. The molecular weight excluding hydrogens is 705 g/mol. The number of Topliss-reactive ketones (excluding diaryl/α,β-unsaturated/α-hetero) is 1. The average molecular weight is 756 g/mol. The molecule has 5 aliphatic heterocycles. The molecule has 2 bridgehead atoms. The van der Waals surface area contributed by atoms with Crippen LogP contribution in [0.3, 0.4) is 0 Å². The highest BCUT2D eigenvalue weighted by Crippen LogP contribution is 2.47. The number of nitrogens with zero attached hydrogens (tertiary/aromatic N) is 1. The molecule has 2 aromatic carbocycles. The average Bonchev–Trinajstić information content (AvgIpc) is 3.92. The third-order valence-electron chi connectivity index (χ3n) is 13.2. The fraction of sp³-hybridized carbons (Fsp3) is 0.478. The van der Waals surface area contributed by atoms with Crippen LogP contribution in [0.15, 0.2) is 70.5 Å². The summed E-state index contributed by atoms with van der Waals surface area (Å²) in [5.41, 5.74) is 14.3. The van der Waals surface area contributed by atoms with Gasteiger partial charge in [0.25, 0.3) is 6.23 Å². The minimum absolute atomic E-state index is 0.0120. The lowest BCUT2D eigenvalue weighted by Gasteiger charge is -2.36.